The van der Waals surface area contributed by atoms with Crippen molar-refractivity contribution in [1.29, 1.82) is 0 Å². The van der Waals surface area contributed by atoms with E-state index < -0.39 is 0 Å². The highest BCUT2D eigenvalue weighted by molar-refractivity contribution is 5.77. The highest BCUT2D eigenvalue weighted by Gasteiger charge is 2.04. The van der Waals surface area contributed by atoms with Crippen molar-refractivity contribution in [3.63, 3.8) is 0 Å². The summed E-state index contributed by atoms with van der Waals surface area (Å²) in [4.78, 5) is 11.2. The van der Waals surface area contributed by atoms with Crippen LogP contribution < -0.4 is 10.6 Å². The summed E-state index contributed by atoms with van der Waals surface area (Å²) in [6.45, 7) is 11.2. The molecule has 0 aliphatic carbocycles. The molecule has 0 aliphatic rings. The fourth-order valence-corrected chi connectivity index (χ4v) is 1.57. The summed E-state index contributed by atoms with van der Waals surface area (Å²) in [6.07, 6.45) is 3.56. The lowest BCUT2D eigenvalue weighted by Gasteiger charge is -2.11. The Morgan fingerprint density at radius 2 is 1.88 bits per heavy atom. The van der Waals surface area contributed by atoms with Crippen molar-refractivity contribution in [1.82, 2.24) is 10.6 Å². The summed E-state index contributed by atoms with van der Waals surface area (Å²) in [5.74, 6) is 1.01. The molecule has 0 heterocycles. The third-order valence-corrected chi connectivity index (χ3v) is 2.63. The van der Waals surface area contributed by atoms with E-state index in [-0.39, 0.29) is 11.8 Å². The molecule has 1 amide bonds. The molecule has 3 nitrogen and oxygen atoms in total. The predicted octanol–water partition coefficient (Wildman–Crippen LogP) is 2.17. The van der Waals surface area contributed by atoms with Gasteiger partial charge in [-0.05, 0) is 31.8 Å². The molecule has 0 fully saturated rings. The van der Waals surface area contributed by atoms with E-state index >= 15 is 0 Å². The average molecular weight is 228 g/mol. The van der Waals surface area contributed by atoms with Crippen LogP contribution in [0, 0.1) is 11.8 Å². The molecule has 3 heteroatoms. The zero-order valence-electron chi connectivity index (χ0n) is 11.3. The number of carbonyl (C=O) groups is 1. The molecule has 0 aromatic carbocycles. The molecule has 0 rings (SSSR count). The molecule has 0 spiro atoms. The number of amides is 1. The van der Waals surface area contributed by atoms with Gasteiger partial charge in [0.2, 0.25) is 5.91 Å². The SMILES string of the molecule is CCCC(C)CNCCCNC(=O)C(C)C. The van der Waals surface area contributed by atoms with Gasteiger partial charge in [-0.25, -0.2) is 0 Å². The average Bonchev–Trinajstić information content (AvgIpc) is 2.23. The highest BCUT2D eigenvalue weighted by Crippen LogP contribution is 2.02. The number of hydrogen-bond donors (Lipinski definition) is 2. The van der Waals surface area contributed by atoms with E-state index in [1.807, 2.05) is 13.8 Å². The molecular weight excluding hydrogens is 200 g/mol. The highest BCUT2D eigenvalue weighted by atomic mass is 16.1. The number of hydrogen-bond acceptors (Lipinski definition) is 2. The predicted molar refractivity (Wildman–Crippen MR) is 69.4 cm³/mol. The Balaban J connectivity index is 3.24. The van der Waals surface area contributed by atoms with Crippen molar-refractivity contribution in [3.8, 4) is 0 Å². The van der Waals surface area contributed by atoms with Gasteiger partial charge in [0.25, 0.3) is 0 Å². The first kappa shape index (κ1) is 15.4. The molecule has 1 atom stereocenters. The second-order valence-electron chi connectivity index (χ2n) is 4.90. The van der Waals surface area contributed by atoms with E-state index in [1.54, 1.807) is 0 Å². The molecule has 0 radical (unpaired) electrons. The smallest absolute Gasteiger partial charge is 0.222 e. The molecular formula is C13H28N2O. The molecule has 0 bridgehead atoms. The molecule has 0 saturated carbocycles. The maximum Gasteiger partial charge on any atom is 0.222 e. The Kier molecular flexibility index (Phi) is 9.30. The maximum absolute atomic E-state index is 11.2. The van der Waals surface area contributed by atoms with Gasteiger partial charge in [0.05, 0.1) is 0 Å². The topological polar surface area (TPSA) is 41.1 Å². The summed E-state index contributed by atoms with van der Waals surface area (Å²) >= 11 is 0. The van der Waals surface area contributed by atoms with Gasteiger partial charge in [-0.3, -0.25) is 4.79 Å². The molecule has 2 N–H and O–H groups in total. The fraction of sp³-hybridized carbons (Fsp3) is 0.923. The lowest BCUT2D eigenvalue weighted by Crippen LogP contribution is -2.31. The molecule has 16 heavy (non-hydrogen) atoms. The van der Waals surface area contributed by atoms with Crippen molar-refractivity contribution in [2.45, 2.75) is 47.0 Å². The molecule has 0 saturated heterocycles. The maximum atomic E-state index is 11.2. The van der Waals surface area contributed by atoms with Crippen LogP contribution in [0.15, 0.2) is 0 Å². The minimum Gasteiger partial charge on any atom is -0.356 e. The van der Waals surface area contributed by atoms with E-state index in [0.717, 1.165) is 32.0 Å². The Hall–Kier alpha value is -0.570. The first-order chi connectivity index (χ1) is 7.57. The van der Waals surface area contributed by atoms with Crippen LogP contribution in [-0.4, -0.2) is 25.5 Å². The van der Waals surface area contributed by atoms with Gasteiger partial charge in [-0.15, -0.1) is 0 Å². The van der Waals surface area contributed by atoms with Gasteiger partial charge in [0, 0.05) is 12.5 Å². The second kappa shape index (κ2) is 9.64. The molecule has 0 aliphatic heterocycles. The van der Waals surface area contributed by atoms with Crippen LogP contribution in [0.3, 0.4) is 0 Å². The van der Waals surface area contributed by atoms with Gasteiger partial charge >= 0.3 is 0 Å². The zero-order chi connectivity index (χ0) is 12.4. The summed E-state index contributed by atoms with van der Waals surface area (Å²) in [5.41, 5.74) is 0. The van der Waals surface area contributed by atoms with Crippen LogP contribution in [0.2, 0.25) is 0 Å². The van der Waals surface area contributed by atoms with Crippen molar-refractivity contribution in [2.24, 2.45) is 11.8 Å². The standard InChI is InChI=1S/C13H28N2O/c1-5-7-12(4)10-14-8-6-9-15-13(16)11(2)3/h11-12,14H,5-10H2,1-4H3,(H,15,16). The van der Waals surface area contributed by atoms with E-state index in [0.29, 0.717) is 0 Å². The molecule has 0 aromatic heterocycles. The minimum absolute atomic E-state index is 0.0949. The Morgan fingerprint density at radius 1 is 1.19 bits per heavy atom. The van der Waals surface area contributed by atoms with Crippen molar-refractivity contribution in [2.75, 3.05) is 19.6 Å². The van der Waals surface area contributed by atoms with Crippen molar-refractivity contribution < 1.29 is 4.79 Å². The van der Waals surface area contributed by atoms with Crippen LogP contribution in [0.5, 0.6) is 0 Å². The van der Waals surface area contributed by atoms with E-state index in [9.17, 15) is 4.79 Å². The first-order valence-electron chi connectivity index (χ1n) is 6.56. The summed E-state index contributed by atoms with van der Waals surface area (Å²) in [5, 5.41) is 6.34. The quantitative estimate of drug-likeness (QED) is 0.594. The first-order valence-corrected chi connectivity index (χ1v) is 6.56. The minimum atomic E-state index is 0.0949. The van der Waals surface area contributed by atoms with Crippen LogP contribution in [0.25, 0.3) is 0 Å². The molecule has 96 valence electrons. The number of rotatable bonds is 9. The lowest BCUT2D eigenvalue weighted by atomic mass is 10.1. The number of nitrogens with one attached hydrogen (secondary N) is 2. The number of carbonyl (C=O) groups excluding carboxylic acids is 1. The molecule has 1 unspecified atom stereocenters. The van der Waals surface area contributed by atoms with Gasteiger partial charge in [-0.2, -0.15) is 0 Å². The zero-order valence-corrected chi connectivity index (χ0v) is 11.3. The van der Waals surface area contributed by atoms with E-state index in [2.05, 4.69) is 24.5 Å². The van der Waals surface area contributed by atoms with Crippen LogP contribution in [0.1, 0.15) is 47.0 Å². The van der Waals surface area contributed by atoms with Crippen LogP contribution in [0.4, 0.5) is 0 Å². The van der Waals surface area contributed by atoms with E-state index in [4.69, 9.17) is 0 Å². The molecule has 0 aromatic rings. The van der Waals surface area contributed by atoms with Gasteiger partial charge in [0.1, 0.15) is 0 Å². The van der Waals surface area contributed by atoms with Crippen LogP contribution >= 0.6 is 0 Å². The summed E-state index contributed by atoms with van der Waals surface area (Å²) in [6, 6.07) is 0. The summed E-state index contributed by atoms with van der Waals surface area (Å²) < 4.78 is 0. The Morgan fingerprint density at radius 3 is 2.44 bits per heavy atom. The van der Waals surface area contributed by atoms with Crippen LogP contribution in [-0.2, 0) is 4.79 Å². The third-order valence-electron chi connectivity index (χ3n) is 2.63. The van der Waals surface area contributed by atoms with Gasteiger partial charge in [0.15, 0.2) is 0 Å². The Bertz CT molecular complexity index is 181. The van der Waals surface area contributed by atoms with Gasteiger partial charge in [-0.1, -0.05) is 34.1 Å². The largest absolute Gasteiger partial charge is 0.356 e. The Labute approximate surface area is 100 Å². The second-order valence-corrected chi connectivity index (χ2v) is 4.90. The third kappa shape index (κ3) is 8.72. The van der Waals surface area contributed by atoms with Crippen molar-refractivity contribution >= 4 is 5.91 Å². The fourth-order valence-electron chi connectivity index (χ4n) is 1.57. The summed E-state index contributed by atoms with van der Waals surface area (Å²) in [7, 11) is 0. The van der Waals surface area contributed by atoms with E-state index in [1.165, 1.54) is 12.8 Å². The van der Waals surface area contributed by atoms with Crippen molar-refractivity contribution in [3.05, 3.63) is 0 Å². The van der Waals surface area contributed by atoms with Gasteiger partial charge < -0.3 is 10.6 Å². The lowest BCUT2D eigenvalue weighted by molar-refractivity contribution is -0.123. The monoisotopic (exact) mass is 228 g/mol. The normalized spacial score (nSPS) is 12.8.